The van der Waals surface area contributed by atoms with E-state index in [1.165, 1.54) is 55.9 Å². The van der Waals surface area contributed by atoms with Crippen LogP contribution in [0, 0.1) is 0 Å². The zero-order chi connectivity index (χ0) is 13.4. The van der Waals surface area contributed by atoms with Crippen molar-refractivity contribution in [1.82, 2.24) is 5.32 Å². The summed E-state index contributed by atoms with van der Waals surface area (Å²) in [7, 11) is 0. The van der Waals surface area contributed by atoms with Crippen LogP contribution in [0.5, 0.6) is 0 Å². The SMILES string of the molecule is CCCCCCC(C)N=C1NC(CC)(CC)CS1. The minimum absolute atomic E-state index is 0.311. The van der Waals surface area contributed by atoms with Gasteiger partial charge in [-0.15, -0.1) is 0 Å². The van der Waals surface area contributed by atoms with Gasteiger partial charge in [-0.3, -0.25) is 4.99 Å². The largest absolute Gasteiger partial charge is 0.359 e. The van der Waals surface area contributed by atoms with Gasteiger partial charge in [-0.2, -0.15) is 0 Å². The van der Waals surface area contributed by atoms with Gasteiger partial charge in [0.05, 0.1) is 0 Å². The lowest BCUT2D eigenvalue weighted by Crippen LogP contribution is -2.42. The van der Waals surface area contributed by atoms with Crippen molar-refractivity contribution in [1.29, 1.82) is 0 Å². The lowest BCUT2D eigenvalue weighted by Gasteiger charge is -2.25. The molecule has 1 rings (SSSR count). The van der Waals surface area contributed by atoms with E-state index < -0.39 is 0 Å². The number of nitrogens with zero attached hydrogens (tertiary/aromatic N) is 1. The van der Waals surface area contributed by atoms with E-state index in [0.29, 0.717) is 11.6 Å². The molecule has 0 aromatic heterocycles. The average molecular weight is 270 g/mol. The summed E-state index contributed by atoms with van der Waals surface area (Å²) in [5.41, 5.74) is 0.311. The monoisotopic (exact) mass is 270 g/mol. The van der Waals surface area contributed by atoms with E-state index in [1.54, 1.807) is 0 Å². The first-order valence-corrected chi connectivity index (χ1v) is 8.63. The van der Waals surface area contributed by atoms with E-state index in [-0.39, 0.29) is 0 Å². The molecule has 1 aliphatic rings. The van der Waals surface area contributed by atoms with Crippen molar-refractivity contribution >= 4 is 16.9 Å². The van der Waals surface area contributed by atoms with Crippen molar-refractivity contribution in [3.05, 3.63) is 0 Å². The fourth-order valence-electron chi connectivity index (χ4n) is 2.34. The Morgan fingerprint density at radius 3 is 2.50 bits per heavy atom. The Hall–Kier alpha value is -0.180. The molecule has 0 saturated carbocycles. The molecule has 0 spiro atoms. The van der Waals surface area contributed by atoms with Gasteiger partial charge in [0.15, 0.2) is 5.17 Å². The molecule has 1 fully saturated rings. The molecule has 0 aliphatic carbocycles. The van der Waals surface area contributed by atoms with Gasteiger partial charge in [-0.25, -0.2) is 0 Å². The molecule has 3 heteroatoms. The second kappa shape index (κ2) is 8.08. The Bertz CT molecular complexity index is 259. The highest BCUT2D eigenvalue weighted by Gasteiger charge is 2.33. The standard InChI is InChI=1S/C15H30N2S/c1-5-8-9-10-11-13(4)16-14-17-15(6-2,7-3)12-18-14/h13H,5-12H2,1-4H3,(H,16,17). The summed E-state index contributed by atoms with van der Waals surface area (Å²) >= 11 is 1.91. The van der Waals surface area contributed by atoms with Gasteiger partial charge in [-0.05, 0) is 26.2 Å². The van der Waals surface area contributed by atoms with Crippen LogP contribution in [0.25, 0.3) is 0 Å². The van der Waals surface area contributed by atoms with Crippen LogP contribution < -0.4 is 5.32 Å². The van der Waals surface area contributed by atoms with Gasteiger partial charge in [0.1, 0.15) is 0 Å². The molecule has 1 saturated heterocycles. The molecule has 0 radical (unpaired) electrons. The topological polar surface area (TPSA) is 24.4 Å². The molecule has 0 amide bonds. The molecule has 0 aromatic carbocycles. The third-order valence-corrected chi connectivity index (χ3v) is 5.20. The summed E-state index contributed by atoms with van der Waals surface area (Å²) < 4.78 is 0. The van der Waals surface area contributed by atoms with Crippen molar-refractivity contribution in [2.45, 2.75) is 84.2 Å². The smallest absolute Gasteiger partial charge is 0.157 e. The number of unbranched alkanes of at least 4 members (excludes halogenated alkanes) is 3. The maximum absolute atomic E-state index is 4.83. The molecule has 1 N–H and O–H groups in total. The minimum atomic E-state index is 0.311. The fraction of sp³-hybridized carbons (Fsp3) is 0.933. The molecule has 1 unspecified atom stereocenters. The first-order chi connectivity index (χ1) is 8.65. The number of amidine groups is 1. The normalized spacial score (nSPS) is 22.1. The lowest BCUT2D eigenvalue weighted by molar-refractivity contribution is 0.407. The Kier molecular flexibility index (Phi) is 7.13. The van der Waals surface area contributed by atoms with Crippen molar-refractivity contribution in [2.75, 3.05) is 5.75 Å². The number of rotatable bonds is 8. The number of hydrogen-bond donors (Lipinski definition) is 1. The second-order valence-corrected chi connectivity index (χ2v) is 6.50. The van der Waals surface area contributed by atoms with Crippen molar-refractivity contribution in [3.63, 3.8) is 0 Å². The lowest BCUT2D eigenvalue weighted by atomic mass is 9.96. The summed E-state index contributed by atoms with van der Waals surface area (Å²) in [6.07, 6.45) is 8.99. The summed E-state index contributed by atoms with van der Waals surface area (Å²) in [5.74, 6) is 1.18. The Balaban J connectivity index is 2.34. The van der Waals surface area contributed by atoms with E-state index in [9.17, 15) is 0 Å². The van der Waals surface area contributed by atoms with Crippen LogP contribution in [-0.2, 0) is 0 Å². The van der Waals surface area contributed by atoms with Crippen LogP contribution >= 0.6 is 11.8 Å². The summed E-state index contributed by atoms with van der Waals surface area (Å²) in [4.78, 5) is 4.83. The number of thioether (sulfide) groups is 1. The van der Waals surface area contributed by atoms with Crippen molar-refractivity contribution in [3.8, 4) is 0 Å². The molecule has 0 aromatic rings. The summed E-state index contributed by atoms with van der Waals surface area (Å²) in [6.45, 7) is 9.05. The first kappa shape index (κ1) is 15.9. The van der Waals surface area contributed by atoms with Crippen LogP contribution in [0.15, 0.2) is 4.99 Å². The summed E-state index contributed by atoms with van der Waals surface area (Å²) in [6, 6.07) is 0.473. The average Bonchev–Trinajstić information content (AvgIpc) is 2.79. The van der Waals surface area contributed by atoms with E-state index in [4.69, 9.17) is 4.99 Å². The van der Waals surface area contributed by atoms with E-state index in [1.807, 2.05) is 11.8 Å². The fourth-order valence-corrected chi connectivity index (χ4v) is 3.77. The van der Waals surface area contributed by atoms with E-state index in [0.717, 1.165) is 0 Å². The first-order valence-electron chi connectivity index (χ1n) is 7.64. The van der Waals surface area contributed by atoms with E-state index >= 15 is 0 Å². The molecule has 106 valence electrons. The quantitative estimate of drug-likeness (QED) is 0.652. The molecular weight excluding hydrogens is 240 g/mol. The zero-order valence-corrected chi connectivity index (χ0v) is 13.4. The van der Waals surface area contributed by atoms with Gasteiger partial charge in [0, 0.05) is 17.3 Å². The molecule has 2 nitrogen and oxygen atoms in total. The highest BCUT2D eigenvalue weighted by Crippen LogP contribution is 2.29. The van der Waals surface area contributed by atoms with Crippen LogP contribution in [-0.4, -0.2) is 22.5 Å². The molecule has 1 atom stereocenters. The summed E-state index contributed by atoms with van der Waals surface area (Å²) in [5, 5.41) is 4.83. The van der Waals surface area contributed by atoms with Crippen molar-refractivity contribution in [2.24, 2.45) is 4.99 Å². The highest BCUT2D eigenvalue weighted by atomic mass is 32.2. The molecule has 0 bridgehead atoms. The third kappa shape index (κ3) is 4.83. The number of nitrogens with one attached hydrogen (secondary N) is 1. The third-order valence-electron chi connectivity index (χ3n) is 4.02. The van der Waals surface area contributed by atoms with Crippen LogP contribution in [0.4, 0.5) is 0 Å². The minimum Gasteiger partial charge on any atom is -0.359 e. The van der Waals surface area contributed by atoms with Gasteiger partial charge in [-0.1, -0.05) is 58.2 Å². The van der Waals surface area contributed by atoms with Crippen LogP contribution in [0.3, 0.4) is 0 Å². The van der Waals surface area contributed by atoms with Gasteiger partial charge in [0.2, 0.25) is 0 Å². The highest BCUT2D eigenvalue weighted by molar-refractivity contribution is 8.14. The van der Waals surface area contributed by atoms with Gasteiger partial charge < -0.3 is 5.32 Å². The Morgan fingerprint density at radius 1 is 1.22 bits per heavy atom. The maximum Gasteiger partial charge on any atom is 0.157 e. The maximum atomic E-state index is 4.83. The Morgan fingerprint density at radius 2 is 1.94 bits per heavy atom. The van der Waals surface area contributed by atoms with Crippen LogP contribution in [0.2, 0.25) is 0 Å². The number of hydrogen-bond acceptors (Lipinski definition) is 2. The molecular formula is C15H30N2S. The molecule has 18 heavy (non-hydrogen) atoms. The molecule has 1 heterocycles. The van der Waals surface area contributed by atoms with E-state index in [2.05, 4.69) is 33.0 Å². The second-order valence-electron chi connectivity index (χ2n) is 5.53. The zero-order valence-electron chi connectivity index (χ0n) is 12.6. The predicted molar refractivity (Wildman–Crippen MR) is 84.6 cm³/mol. The van der Waals surface area contributed by atoms with Gasteiger partial charge in [0.25, 0.3) is 0 Å². The van der Waals surface area contributed by atoms with Crippen molar-refractivity contribution < 1.29 is 0 Å². The predicted octanol–water partition coefficient (Wildman–Crippen LogP) is 4.60. The van der Waals surface area contributed by atoms with Crippen LogP contribution in [0.1, 0.15) is 72.6 Å². The molecule has 1 aliphatic heterocycles. The van der Waals surface area contributed by atoms with Gasteiger partial charge >= 0.3 is 0 Å². The Labute approximate surface area is 117 Å². The number of aliphatic imine (C=N–C) groups is 1.